The predicted octanol–water partition coefficient (Wildman–Crippen LogP) is 1.82. The third-order valence-electron chi connectivity index (χ3n) is 3.19. The highest BCUT2D eigenvalue weighted by molar-refractivity contribution is 5.55. The van der Waals surface area contributed by atoms with Crippen LogP contribution in [0.4, 0.5) is 0 Å². The van der Waals surface area contributed by atoms with Gasteiger partial charge in [-0.05, 0) is 18.4 Å². The van der Waals surface area contributed by atoms with Crippen molar-refractivity contribution in [3.8, 4) is 11.4 Å². The first-order valence-corrected chi connectivity index (χ1v) is 5.98. The van der Waals surface area contributed by atoms with E-state index in [9.17, 15) is 0 Å². The van der Waals surface area contributed by atoms with Gasteiger partial charge in [0.05, 0.1) is 0 Å². The van der Waals surface area contributed by atoms with Crippen LogP contribution >= 0.6 is 0 Å². The van der Waals surface area contributed by atoms with Gasteiger partial charge in [-0.1, -0.05) is 24.3 Å². The summed E-state index contributed by atoms with van der Waals surface area (Å²) in [4.78, 5) is 4.62. The molecular formula is C13H16N4. The first-order valence-electron chi connectivity index (χ1n) is 5.98. The lowest BCUT2D eigenvalue weighted by molar-refractivity contribution is 0.705. The summed E-state index contributed by atoms with van der Waals surface area (Å²) < 4.78 is 1.91. The van der Waals surface area contributed by atoms with Crippen molar-refractivity contribution in [2.45, 2.75) is 25.3 Å². The lowest BCUT2D eigenvalue weighted by Gasteiger charge is -1.97. The minimum Gasteiger partial charge on any atom is -0.326 e. The summed E-state index contributed by atoms with van der Waals surface area (Å²) in [7, 11) is 1.97. The van der Waals surface area contributed by atoms with Crippen molar-refractivity contribution >= 4 is 0 Å². The summed E-state index contributed by atoms with van der Waals surface area (Å²) in [6.45, 7) is 0.573. The highest BCUT2D eigenvalue weighted by atomic mass is 15.3. The Morgan fingerprint density at radius 2 is 2.00 bits per heavy atom. The molecule has 0 aliphatic heterocycles. The molecule has 0 saturated heterocycles. The summed E-state index contributed by atoms with van der Waals surface area (Å²) >= 11 is 0. The van der Waals surface area contributed by atoms with Crippen LogP contribution in [0, 0.1) is 0 Å². The second-order valence-electron chi connectivity index (χ2n) is 4.59. The number of benzene rings is 1. The van der Waals surface area contributed by atoms with E-state index in [2.05, 4.69) is 10.1 Å². The lowest BCUT2D eigenvalue weighted by Crippen LogP contribution is -1.96. The van der Waals surface area contributed by atoms with E-state index in [1.807, 2.05) is 36.0 Å². The molecule has 1 saturated carbocycles. The average molecular weight is 228 g/mol. The van der Waals surface area contributed by atoms with Crippen molar-refractivity contribution in [2.24, 2.45) is 12.8 Å². The Hall–Kier alpha value is -1.68. The van der Waals surface area contributed by atoms with Crippen LogP contribution < -0.4 is 5.73 Å². The van der Waals surface area contributed by atoms with E-state index < -0.39 is 0 Å². The fourth-order valence-corrected chi connectivity index (χ4v) is 2.01. The van der Waals surface area contributed by atoms with Gasteiger partial charge in [-0.25, -0.2) is 4.98 Å². The van der Waals surface area contributed by atoms with Gasteiger partial charge >= 0.3 is 0 Å². The summed E-state index contributed by atoms with van der Waals surface area (Å²) in [6.07, 6.45) is 2.50. The monoisotopic (exact) mass is 228 g/mol. The van der Waals surface area contributed by atoms with Gasteiger partial charge in [0.15, 0.2) is 5.82 Å². The van der Waals surface area contributed by atoms with Gasteiger partial charge in [-0.15, -0.1) is 0 Å². The van der Waals surface area contributed by atoms with Crippen LogP contribution in [0.3, 0.4) is 0 Å². The van der Waals surface area contributed by atoms with Crippen molar-refractivity contribution in [1.29, 1.82) is 0 Å². The van der Waals surface area contributed by atoms with Crippen LogP contribution in [0.2, 0.25) is 0 Å². The van der Waals surface area contributed by atoms with Crippen LogP contribution in [0.5, 0.6) is 0 Å². The summed E-state index contributed by atoms with van der Waals surface area (Å²) in [5.74, 6) is 2.56. The zero-order valence-corrected chi connectivity index (χ0v) is 9.93. The molecule has 0 atom stereocenters. The molecule has 2 N–H and O–H groups in total. The van der Waals surface area contributed by atoms with Gasteiger partial charge in [0, 0.05) is 25.1 Å². The van der Waals surface area contributed by atoms with Crippen LogP contribution in [0.25, 0.3) is 11.4 Å². The molecule has 4 nitrogen and oxygen atoms in total. The van der Waals surface area contributed by atoms with Gasteiger partial charge < -0.3 is 5.73 Å². The number of nitrogens with zero attached hydrogens (tertiary/aromatic N) is 3. The van der Waals surface area contributed by atoms with Crippen LogP contribution in [-0.4, -0.2) is 14.8 Å². The van der Waals surface area contributed by atoms with E-state index in [1.165, 1.54) is 12.8 Å². The molecule has 4 heteroatoms. The third-order valence-corrected chi connectivity index (χ3v) is 3.19. The molecule has 3 rings (SSSR count). The fraction of sp³-hybridized carbons (Fsp3) is 0.385. The molecular weight excluding hydrogens is 212 g/mol. The van der Waals surface area contributed by atoms with Crippen LogP contribution in [0.1, 0.15) is 30.1 Å². The Balaban J connectivity index is 1.94. The minimum absolute atomic E-state index is 0.573. The quantitative estimate of drug-likeness (QED) is 0.871. The van der Waals surface area contributed by atoms with E-state index in [0.717, 1.165) is 22.8 Å². The zero-order chi connectivity index (χ0) is 11.8. The highest BCUT2D eigenvalue weighted by Crippen LogP contribution is 2.39. The van der Waals surface area contributed by atoms with Gasteiger partial charge in [-0.2, -0.15) is 5.10 Å². The van der Waals surface area contributed by atoms with Crippen molar-refractivity contribution in [2.75, 3.05) is 0 Å². The Morgan fingerprint density at radius 3 is 2.59 bits per heavy atom. The average Bonchev–Trinajstić information content (AvgIpc) is 3.13. The third kappa shape index (κ3) is 1.96. The van der Waals surface area contributed by atoms with Crippen molar-refractivity contribution in [3.63, 3.8) is 0 Å². The second-order valence-corrected chi connectivity index (χ2v) is 4.59. The Kier molecular flexibility index (Phi) is 2.44. The lowest BCUT2D eigenvalue weighted by atomic mass is 10.1. The largest absolute Gasteiger partial charge is 0.326 e. The topological polar surface area (TPSA) is 56.7 Å². The highest BCUT2D eigenvalue weighted by Gasteiger charge is 2.28. The molecule has 0 unspecified atom stereocenters. The summed E-state index contributed by atoms with van der Waals surface area (Å²) in [5, 5.41) is 4.47. The van der Waals surface area contributed by atoms with Gasteiger partial charge in [-0.3, -0.25) is 4.68 Å². The summed E-state index contributed by atoms with van der Waals surface area (Å²) in [5.41, 5.74) is 7.77. The molecule has 1 aliphatic rings. The predicted molar refractivity (Wildman–Crippen MR) is 66.3 cm³/mol. The van der Waals surface area contributed by atoms with Gasteiger partial charge in [0.2, 0.25) is 0 Å². The van der Waals surface area contributed by atoms with Crippen molar-refractivity contribution in [3.05, 3.63) is 35.7 Å². The molecule has 2 aromatic rings. The number of hydrogen-bond acceptors (Lipinski definition) is 3. The molecule has 88 valence electrons. The van der Waals surface area contributed by atoms with E-state index in [1.54, 1.807) is 0 Å². The fourth-order valence-electron chi connectivity index (χ4n) is 2.01. The van der Waals surface area contributed by atoms with Crippen molar-refractivity contribution in [1.82, 2.24) is 14.8 Å². The Morgan fingerprint density at radius 1 is 1.29 bits per heavy atom. The molecule has 1 heterocycles. The number of nitrogens with two attached hydrogens (primary N) is 1. The Labute approximate surface area is 100 Å². The number of hydrogen-bond donors (Lipinski definition) is 1. The maximum Gasteiger partial charge on any atom is 0.181 e. The zero-order valence-electron chi connectivity index (χ0n) is 9.93. The first-order chi connectivity index (χ1) is 8.28. The van der Waals surface area contributed by atoms with E-state index in [4.69, 9.17) is 5.73 Å². The molecule has 17 heavy (non-hydrogen) atoms. The van der Waals surface area contributed by atoms with E-state index >= 15 is 0 Å². The maximum atomic E-state index is 5.58. The molecule has 0 spiro atoms. The molecule has 1 aromatic carbocycles. The van der Waals surface area contributed by atoms with Gasteiger partial charge in [0.25, 0.3) is 0 Å². The maximum absolute atomic E-state index is 5.58. The van der Waals surface area contributed by atoms with E-state index in [-0.39, 0.29) is 0 Å². The number of rotatable bonds is 3. The minimum atomic E-state index is 0.573. The second kappa shape index (κ2) is 3.96. The Bertz CT molecular complexity index is 523. The SMILES string of the molecule is Cn1nc(-c2ccc(CN)cc2)nc1C1CC1. The molecule has 0 bridgehead atoms. The van der Waals surface area contributed by atoms with Gasteiger partial charge in [0.1, 0.15) is 5.82 Å². The number of aryl methyl sites for hydroxylation is 1. The molecule has 0 radical (unpaired) electrons. The molecule has 1 aromatic heterocycles. The standard InChI is InChI=1S/C13H16N4/c1-17-13(11-6-7-11)15-12(16-17)10-4-2-9(8-14)3-5-10/h2-5,11H,6-8,14H2,1H3. The van der Waals surface area contributed by atoms with Crippen LogP contribution in [-0.2, 0) is 13.6 Å². The normalized spacial score (nSPS) is 15.2. The smallest absolute Gasteiger partial charge is 0.181 e. The van der Waals surface area contributed by atoms with E-state index in [0.29, 0.717) is 12.5 Å². The molecule has 1 fully saturated rings. The first kappa shape index (κ1) is 10.5. The van der Waals surface area contributed by atoms with Crippen LogP contribution in [0.15, 0.2) is 24.3 Å². The summed E-state index contributed by atoms with van der Waals surface area (Å²) in [6, 6.07) is 8.13. The van der Waals surface area contributed by atoms with Crippen molar-refractivity contribution < 1.29 is 0 Å². The molecule has 0 amide bonds. The number of aromatic nitrogens is 3. The molecule has 1 aliphatic carbocycles.